The molecule has 0 fully saturated rings. The molecule has 1 aliphatic carbocycles. The maximum atomic E-state index is 13.6. The van der Waals surface area contributed by atoms with Gasteiger partial charge in [-0.05, 0) is 36.8 Å². The number of hydrogen-bond donors (Lipinski definition) is 1. The standard InChI is InChI=1S/C25H17N3O2/c1-14-8-10-15(11-9-14)27-18-12-13-19-22-20(23(26-2)25(30)28(19)3)16-6-4-5-7-17(16)24(29)21(18)22/h4-13,27H,1,3H3. The predicted molar refractivity (Wildman–Crippen MR) is 119 cm³/mol. The fourth-order valence-corrected chi connectivity index (χ4v) is 4.15. The number of pyridine rings is 1. The summed E-state index contributed by atoms with van der Waals surface area (Å²) in [5, 5.41) is 3.99. The lowest BCUT2D eigenvalue weighted by Crippen LogP contribution is -2.21. The van der Waals surface area contributed by atoms with Crippen molar-refractivity contribution in [3.8, 4) is 11.1 Å². The zero-order valence-corrected chi connectivity index (χ0v) is 16.5. The molecule has 144 valence electrons. The van der Waals surface area contributed by atoms with E-state index in [1.165, 1.54) is 4.57 Å². The largest absolute Gasteiger partial charge is 0.355 e. The van der Waals surface area contributed by atoms with Crippen LogP contribution >= 0.6 is 0 Å². The van der Waals surface area contributed by atoms with Gasteiger partial charge in [-0.25, -0.2) is 4.85 Å². The van der Waals surface area contributed by atoms with Crippen LogP contribution in [0.15, 0.2) is 65.5 Å². The molecule has 1 aromatic heterocycles. The van der Waals surface area contributed by atoms with Crippen LogP contribution in [0.4, 0.5) is 17.1 Å². The van der Waals surface area contributed by atoms with Gasteiger partial charge in [0.2, 0.25) is 0 Å². The summed E-state index contributed by atoms with van der Waals surface area (Å²) in [6.45, 7) is 9.67. The first-order valence-electron chi connectivity index (χ1n) is 9.56. The molecular weight excluding hydrogens is 374 g/mol. The van der Waals surface area contributed by atoms with Gasteiger partial charge in [-0.1, -0.05) is 42.0 Å². The molecule has 0 atom stereocenters. The molecule has 0 unspecified atom stereocenters. The van der Waals surface area contributed by atoms with E-state index in [0.717, 1.165) is 11.3 Å². The third-order valence-corrected chi connectivity index (χ3v) is 5.65. The average Bonchev–Trinajstić information content (AvgIpc) is 2.76. The summed E-state index contributed by atoms with van der Waals surface area (Å²) in [7, 11) is 1.64. The van der Waals surface area contributed by atoms with Gasteiger partial charge in [0.05, 0.1) is 17.8 Å². The molecule has 5 rings (SSSR count). The van der Waals surface area contributed by atoms with E-state index in [0.29, 0.717) is 38.8 Å². The van der Waals surface area contributed by atoms with Crippen LogP contribution < -0.4 is 10.9 Å². The fourth-order valence-electron chi connectivity index (χ4n) is 4.15. The van der Waals surface area contributed by atoms with Gasteiger partial charge in [0.25, 0.3) is 11.2 Å². The number of carbonyl (C=O) groups excluding carboxylic acids is 1. The van der Waals surface area contributed by atoms with Gasteiger partial charge >= 0.3 is 0 Å². The number of hydrogen-bond acceptors (Lipinski definition) is 3. The number of aromatic nitrogens is 1. The van der Waals surface area contributed by atoms with Crippen LogP contribution in [0.25, 0.3) is 26.9 Å². The molecule has 0 amide bonds. The highest BCUT2D eigenvalue weighted by molar-refractivity contribution is 6.29. The number of nitrogens with zero attached hydrogens (tertiary/aromatic N) is 2. The lowest BCUT2D eigenvalue weighted by Gasteiger charge is -2.24. The van der Waals surface area contributed by atoms with E-state index in [1.807, 2.05) is 49.4 Å². The molecule has 5 heteroatoms. The number of rotatable bonds is 2. The molecule has 0 spiro atoms. The Kier molecular flexibility index (Phi) is 3.84. The van der Waals surface area contributed by atoms with Crippen LogP contribution in [0, 0.1) is 13.5 Å². The zero-order chi connectivity index (χ0) is 21.0. The van der Waals surface area contributed by atoms with E-state index in [4.69, 9.17) is 6.57 Å². The molecule has 0 aliphatic heterocycles. The second kappa shape index (κ2) is 6.43. The Morgan fingerprint density at radius 3 is 2.30 bits per heavy atom. The average molecular weight is 391 g/mol. The minimum atomic E-state index is -0.359. The highest BCUT2D eigenvalue weighted by Crippen LogP contribution is 2.45. The van der Waals surface area contributed by atoms with E-state index in [9.17, 15) is 9.59 Å². The van der Waals surface area contributed by atoms with Crippen molar-refractivity contribution in [1.82, 2.24) is 4.57 Å². The van der Waals surface area contributed by atoms with Gasteiger partial charge in [-0.2, -0.15) is 0 Å². The zero-order valence-electron chi connectivity index (χ0n) is 16.5. The normalized spacial score (nSPS) is 11.8. The fraction of sp³-hybridized carbons (Fsp3) is 0.0800. The first-order chi connectivity index (χ1) is 14.5. The summed E-state index contributed by atoms with van der Waals surface area (Å²) in [6, 6.07) is 18.7. The topological polar surface area (TPSA) is 55.5 Å². The minimum absolute atomic E-state index is 0.0404. The van der Waals surface area contributed by atoms with Crippen molar-refractivity contribution in [1.29, 1.82) is 0 Å². The Hall–Kier alpha value is -4.17. The van der Waals surface area contributed by atoms with Gasteiger partial charge in [0, 0.05) is 34.8 Å². The molecule has 0 saturated carbocycles. The molecule has 5 nitrogen and oxygen atoms in total. The molecule has 0 radical (unpaired) electrons. The number of nitrogens with one attached hydrogen (secondary N) is 1. The van der Waals surface area contributed by atoms with Crippen molar-refractivity contribution < 1.29 is 4.79 Å². The van der Waals surface area contributed by atoms with Crippen molar-refractivity contribution in [2.75, 3.05) is 5.32 Å². The first-order valence-corrected chi connectivity index (χ1v) is 9.56. The summed E-state index contributed by atoms with van der Waals surface area (Å²) in [6.07, 6.45) is 0. The maximum absolute atomic E-state index is 13.6. The number of carbonyl (C=O) groups is 1. The van der Waals surface area contributed by atoms with Crippen molar-refractivity contribution in [3.63, 3.8) is 0 Å². The molecule has 1 N–H and O–H groups in total. The minimum Gasteiger partial charge on any atom is -0.355 e. The van der Waals surface area contributed by atoms with E-state index in [-0.39, 0.29) is 17.0 Å². The molecule has 1 heterocycles. The smallest absolute Gasteiger partial charge is 0.258 e. The van der Waals surface area contributed by atoms with E-state index >= 15 is 0 Å². The second-order valence-electron chi connectivity index (χ2n) is 7.45. The second-order valence-corrected chi connectivity index (χ2v) is 7.45. The molecule has 30 heavy (non-hydrogen) atoms. The Morgan fingerprint density at radius 1 is 0.900 bits per heavy atom. The van der Waals surface area contributed by atoms with Crippen LogP contribution in [-0.4, -0.2) is 10.4 Å². The Balaban J connectivity index is 1.91. The van der Waals surface area contributed by atoms with Gasteiger partial charge in [-0.15, -0.1) is 0 Å². The number of aryl methyl sites for hydroxylation is 2. The Bertz CT molecular complexity index is 1470. The lowest BCUT2D eigenvalue weighted by atomic mass is 9.82. The van der Waals surface area contributed by atoms with Crippen molar-refractivity contribution in [2.24, 2.45) is 7.05 Å². The van der Waals surface area contributed by atoms with Crippen LogP contribution in [0.2, 0.25) is 0 Å². The first kappa shape index (κ1) is 17.9. The van der Waals surface area contributed by atoms with Crippen LogP contribution in [0.1, 0.15) is 21.5 Å². The van der Waals surface area contributed by atoms with Gasteiger partial charge in [0.1, 0.15) is 0 Å². The summed E-state index contributed by atoms with van der Waals surface area (Å²) >= 11 is 0. The predicted octanol–water partition coefficient (Wildman–Crippen LogP) is 5.35. The molecule has 0 bridgehead atoms. The summed E-state index contributed by atoms with van der Waals surface area (Å²) in [5.41, 5.74) is 5.14. The highest BCUT2D eigenvalue weighted by Gasteiger charge is 2.31. The van der Waals surface area contributed by atoms with Crippen molar-refractivity contribution >= 4 is 33.7 Å². The molecule has 4 aromatic rings. The van der Waals surface area contributed by atoms with E-state index in [1.54, 1.807) is 25.2 Å². The Labute approximate surface area is 173 Å². The van der Waals surface area contributed by atoms with Gasteiger partial charge < -0.3 is 9.88 Å². The number of benzene rings is 3. The van der Waals surface area contributed by atoms with Crippen LogP contribution in [-0.2, 0) is 7.05 Å². The van der Waals surface area contributed by atoms with Crippen LogP contribution in [0.3, 0.4) is 0 Å². The maximum Gasteiger partial charge on any atom is 0.258 e. The van der Waals surface area contributed by atoms with Gasteiger partial charge in [-0.3, -0.25) is 9.59 Å². The quantitative estimate of drug-likeness (QED) is 0.413. The molecule has 3 aromatic carbocycles. The molecule has 0 saturated heterocycles. The van der Waals surface area contributed by atoms with E-state index < -0.39 is 0 Å². The van der Waals surface area contributed by atoms with Crippen LogP contribution in [0.5, 0.6) is 0 Å². The van der Waals surface area contributed by atoms with Gasteiger partial charge in [0.15, 0.2) is 5.78 Å². The summed E-state index contributed by atoms with van der Waals surface area (Å²) < 4.78 is 1.45. The SMILES string of the molecule is [C-]#[N+]c1c2c3c(c(Nc4ccc(C)cc4)ccc3n(C)c1=O)C(=O)c1ccccc1-2. The van der Waals surface area contributed by atoms with Crippen molar-refractivity contribution in [3.05, 3.63) is 99.1 Å². The summed E-state index contributed by atoms with van der Waals surface area (Å²) in [4.78, 5) is 30.0. The monoisotopic (exact) mass is 391 g/mol. The number of anilines is 2. The van der Waals surface area contributed by atoms with Crippen molar-refractivity contribution in [2.45, 2.75) is 6.92 Å². The number of fused-ring (bicyclic) bond motifs is 2. The number of ketones is 1. The Morgan fingerprint density at radius 2 is 1.60 bits per heavy atom. The third kappa shape index (κ3) is 2.41. The molecular formula is C25H17N3O2. The third-order valence-electron chi connectivity index (χ3n) is 5.65. The summed E-state index contributed by atoms with van der Waals surface area (Å²) in [5.74, 6) is -0.118. The molecule has 1 aliphatic rings. The van der Waals surface area contributed by atoms with E-state index in [2.05, 4.69) is 10.2 Å². The lowest BCUT2D eigenvalue weighted by molar-refractivity contribution is 0.104. The highest BCUT2D eigenvalue weighted by atomic mass is 16.1.